The Kier molecular flexibility index (Phi) is 5.27. The number of anilines is 1. The van der Waals surface area contributed by atoms with Crippen LogP contribution in [-0.2, 0) is 16.6 Å². The zero-order valence-electron chi connectivity index (χ0n) is 17.3. The SMILES string of the molecule is COc1ccc(CN2C[C@@H]3[C@H](C2)N(C)c2ncccc2S(=O)(=O)N3C(C)C)cc1. The van der Waals surface area contributed by atoms with Gasteiger partial charge < -0.3 is 9.64 Å². The first kappa shape index (κ1) is 20.1. The third-order valence-corrected chi connectivity index (χ3v) is 8.00. The molecular formula is C21H28N4O3S. The molecule has 2 atom stereocenters. The van der Waals surface area contributed by atoms with Crippen LogP contribution in [0.2, 0.25) is 0 Å². The van der Waals surface area contributed by atoms with E-state index in [-0.39, 0.29) is 18.1 Å². The summed E-state index contributed by atoms with van der Waals surface area (Å²) in [6.07, 6.45) is 1.66. The lowest BCUT2D eigenvalue weighted by atomic mass is 10.1. The minimum Gasteiger partial charge on any atom is -0.497 e. The number of pyridine rings is 1. The topological polar surface area (TPSA) is 66.0 Å². The van der Waals surface area contributed by atoms with Gasteiger partial charge in [-0.25, -0.2) is 13.4 Å². The van der Waals surface area contributed by atoms with E-state index < -0.39 is 10.0 Å². The molecule has 2 aromatic rings. The van der Waals surface area contributed by atoms with Gasteiger partial charge in [-0.2, -0.15) is 4.31 Å². The molecular weight excluding hydrogens is 388 g/mol. The third kappa shape index (κ3) is 3.49. The number of likely N-dealkylation sites (tertiary alicyclic amines) is 1. The zero-order chi connectivity index (χ0) is 20.8. The van der Waals surface area contributed by atoms with Gasteiger partial charge in [0.25, 0.3) is 0 Å². The summed E-state index contributed by atoms with van der Waals surface area (Å²) < 4.78 is 34.0. The van der Waals surface area contributed by atoms with Gasteiger partial charge in [0.1, 0.15) is 16.5 Å². The number of rotatable bonds is 4. The van der Waals surface area contributed by atoms with Crippen molar-refractivity contribution in [2.75, 3.05) is 32.1 Å². The molecule has 1 saturated heterocycles. The summed E-state index contributed by atoms with van der Waals surface area (Å²) in [5, 5.41) is 0. The second kappa shape index (κ2) is 7.59. The molecule has 7 nitrogen and oxygen atoms in total. The van der Waals surface area contributed by atoms with E-state index in [1.807, 2.05) is 37.9 Å². The van der Waals surface area contributed by atoms with Gasteiger partial charge in [-0.3, -0.25) is 4.90 Å². The number of hydrogen-bond donors (Lipinski definition) is 0. The molecule has 1 fully saturated rings. The Bertz CT molecular complexity index is 978. The van der Waals surface area contributed by atoms with E-state index in [0.717, 1.165) is 18.8 Å². The lowest BCUT2D eigenvalue weighted by Crippen LogP contribution is -2.52. The van der Waals surface area contributed by atoms with Crippen molar-refractivity contribution >= 4 is 15.8 Å². The van der Waals surface area contributed by atoms with Gasteiger partial charge in [-0.15, -0.1) is 0 Å². The molecule has 156 valence electrons. The van der Waals surface area contributed by atoms with Crippen LogP contribution in [0.1, 0.15) is 19.4 Å². The molecule has 2 aliphatic heterocycles. The molecule has 0 saturated carbocycles. The molecule has 0 amide bonds. The van der Waals surface area contributed by atoms with Gasteiger partial charge in [0.2, 0.25) is 10.0 Å². The van der Waals surface area contributed by atoms with Crippen molar-refractivity contribution < 1.29 is 13.2 Å². The summed E-state index contributed by atoms with van der Waals surface area (Å²) in [6, 6.07) is 11.2. The van der Waals surface area contributed by atoms with Crippen molar-refractivity contribution in [1.82, 2.24) is 14.2 Å². The van der Waals surface area contributed by atoms with Crippen molar-refractivity contribution in [2.24, 2.45) is 0 Å². The minimum atomic E-state index is -3.62. The van der Waals surface area contributed by atoms with Gasteiger partial charge in [0, 0.05) is 38.9 Å². The summed E-state index contributed by atoms with van der Waals surface area (Å²) in [5.41, 5.74) is 1.18. The third-order valence-electron chi connectivity index (χ3n) is 5.87. The van der Waals surface area contributed by atoms with Crippen LogP contribution in [0.3, 0.4) is 0 Å². The maximum Gasteiger partial charge on any atom is 0.247 e. The van der Waals surface area contributed by atoms with E-state index in [0.29, 0.717) is 17.3 Å². The zero-order valence-corrected chi connectivity index (χ0v) is 18.1. The molecule has 3 heterocycles. The Balaban J connectivity index is 1.67. The molecule has 4 rings (SSSR count). The Labute approximate surface area is 172 Å². The van der Waals surface area contributed by atoms with Gasteiger partial charge >= 0.3 is 0 Å². The van der Waals surface area contributed by atoms with E-state index >= 15 is 0 Å². The number of ether oxygens (including phenoxy) is 1. The molecule has 0 unspecified atom stereocenters. The molecule has 0 radical (unpaired) electrons. The highest BCUT2D eigenvalue weighted by Gasteiger charge is 2.49. The minimum absolute atomic E-state index is 0.0431. The molecule has 29 heavy (non-hydrogen) atoms. The highest BCUT2D eigenvalue weighted by molar-refractivity contribution is 7.89. The predicted octanol–water partition coefficient (Wildman–Crippen LogP) is 2.19. The molecule has 0 N–H and O–H groups in total. The fourth-order valence-corrected chi connectivity index (χ4v) is 6.58. The largest absolute Gasteiger partial charge is 0.497 e. The molecule has 0 spiro atoms. The number of hydrogen-bond acceptors (Lipinski definition) is 6. The summed E-state index contributed by atoms with van der Waals surface area (Å²) in [4.78, 5) is 9.10. The van der Waals surface area contributed by atoms with E-state index in [1.165, 1.54) is 5.56 Å². The Hall–Kier alpha value is -2.16. The van der Waals surface area contributed by atoms with Gasteiger partial charge in [-0.05, 0) is 43.7 Å². The average molecular weight is 417 g/mol. The van der Waals surface area contributed by atoms with Crippen molar-refractivity contribution in [2.45, 2.75) is 43.4 Å². The Morgan fingerprint density at radius 3 is 2.48 bits per heavy atom. The first-order chi connectivity index (χ1) is 13.8. The molecule has 0 bridgehead atoms. The fourth-order valence-electron chi connectivity index (χ4n) is 4.55. The van der Waals surface area contributed by atoms with Crippen LogP contribution in [0.15, 0.2) is 47.5 Å². The first-order valence-electron chi connectivity index (χ1n) is 9.89. The lowest BCUT2D eigenvalue weighted by molar-refractivity contribution is 0.249. The van der Waals surface area contributed by atoms with Crippen LogP contribution >= 0.6 is 0 Å². The maximum atomic E-state index is 13.5. The number of methoxy groups -OCH3 is 1. The second-order valence-corrected chi connectivity index (χ2v) is 9.85. The highest BCUT2D eigenvalue weighted by Crippen LogP contribution is 2.37. The molecule has 1 aromatic carbocycles. The predicted molar refractivity (Wildman–Crippen MR) is 113 cm³/mol. The maximum absolute atomic E-state index is 13.5. The number of likely N-dealkylation sites (N-methyl/N-ethyl adjacent to an activating group) is 1. The van der Waals surface area contributed by atoms with Crippen molar-refractivity contribution in [3.05, 3.63) is 48.2 Å². The normalized spacial score (nSPS) is 24.2. The fraction of sp³-hybridized carbons (Fsp3) is 0.476. The van der Waals surface area contributed by atoms with Crippen molar-refractivity contribution in [3.63, 3.8) is 0 Å². The summed E-state index contributed by atoms with van der Waals surface area (Å²) >= 11 is 0. The van der Waals surface area contributed by atoms with Crippen LogP contribution in [-0.4, -0.2) is 68.0 Å². The Morgan fingerprint density at radius 1 is 1.14 bits per heavy atom. The smallest absolute Gasteiger partial charge is 0.247 e. The van der Waals surface area contributed by atoms with Gasteiger partial charge in [0.05, 0.1) is 19.2 Å². The molecule has 8 heteroatoms. The number of nitrogens with zero attached hydrogens (tertiary/aromatic N) is 4. The number of fused-ring (bicyclic) bond motifs is 2. The van der Waals surface area contributed by atoms with E-state index in [1.54, 1.807) is 29.7 Å². The number of aromatic nitrogens is 1. The molecule has 0 aliphatic carbocycles. The van der Waals surface area contributed by atoms with Crippen molar-refractivity contribution in [1.29, 1.82) is 0 Å². The van der Waals surface area contributed by atoms with Crippen LogP contribution < -0.4 is 9.64 Å². The number of sulfonamides is 1. The molecule has 2 aliphatic rings. The van der Waals surface area contributed by atoms with Gasteiger partial charge in [-0.1, -0.05) is 12.1 Å². The number of benzene rings is 1. The standard InChI is InChI=1S/C21H28N4O3S/c1-15(2)25-19-14-24(12-16-7-9-17(28-4)10-8-16)13-18(19)23(3)21-20(29(25,26)27)6-5-11-22-21/h5-11,15,18-19H,12-14H2,1-4H3/t18-,19+/m0/s1. The summed E-state index contributed by atoms with van der Waals surface area (Å²) in [6.45, 7) is 6.13. The van der Waals surface area contributed by atoms with Crippen LogP contribution in [0, 0.1) is 0 Å². The summed E-state index contributed by atoms with van der Waals surface area (Å²) in [7, 11) is -0.00840. The lowest BCUT2D eigenvalue weighted by Gasteiger charge is -2.34. The Morgan fingerprint density at radius 2 is 1.83 bits per heavy atom. The van der Waals surface area contributed by atoms with Crippen molar-refractivity contribution in [3.8, 4) is 5.75 Å². The first-order valence-corrected chi connectivity index (χ1v) is 11.3. The van der Waals surface area contributed by atoms with Gasteiger partial charge in [0.15, 0.2) is 0 Å². The quantitative estimate of drug-likeness (QED) is 0.761. The van der Waals surface area contributed by atoms with Crippen LogP contribution in [0.5, 0.6) is 5.75 Å². The monoisotopic (exact) mass is 416 g/mol. The van der Waals surface area contributed by atoms with E-state index in [9.17, 15) is 8.42 Å². The highest BCUT2D eigenvalue weighted by atomic mass is 32.2. The van der Waals surface area contributed by atoms with E-state index in [2.05, 4.69) is 22.0 Å². The average Bonchev–Trinajstić information content (AvgIpc) is 3.07. The van der Waals surface area contributed by atoms with Crippen LogP contribution in [0.25, 0.3) is 0 Å². The second-order valence-electron chi connectivity index (χ2n) is 8.04. The van der Waals surface area contributed by atoms with E-state index in [4.69, 9.17) is 4.74 Å². The van der Waals surface area contributed by atoms with Crippen LogP contribution in [0.4, 0.5) is 5.82 Å². The molecule has 1 aromatic heterocycles. The summed E-state index contributed by atoms with van der Waals surface area (Å²) in [5.74, 6) is 1.37.